The highest BCUT2D eigenvalue weighted by Crippen LogP contribution is 2.34. The first kappa shape index (κ1) is 21.7. The van der Waals surface area contributed by atoms with Gasteiger partial charge in [0.25, 0.3) is 0 Å². The smallest absolute Gasteiger partial charge is 0.338 e. The molecule has 0 amide bonds. The highest BCUT2D eigenvalue weighted by molar-refractivity contribution is 5.83. The summed E-state index contributed by atoms with van der Waals surface area (Å²) in [5.41, 5.74) is 7.02. The molecule has 1 saturated carbocycles. The molecule has 2 atom stereocenters. The van der Waals surface area contributed by atoms with Crippen molar-refractivity contribution in [3.63, 3.8) is 0 Å². The van der Waals surface area contributed by atoms with E-state index >= 15 is 0 Å². The first-order chi connectivity index (χ1) is 15.6. The van der Waals surface area contributed by atoms with Crippen molar-refractivity contribution in [2.45, 2.75) is 32.3 Å². The number of nitrogens with one attached hydrogen (secondary N) is 2. The standard InChI is InChI=1S/C22H26N4O6/c1-29-15-10-9-14(19(12-15)30-2)13-31-21(27)16-6-3-4-7-17(16)22(28)32-26-20-18(24-25-26)8-5-11-23-20/h5,8-12,16-17,24-25H,3-4,6-7,13H2,1-2H3/t16-,17+/m0/s1. The number of ether oxygens (including phenoxy) is 3. The average molecular weight is 442 g/mol. The average Bonchev–Trinajstić information content (AvgIpc) is 3.25. The van der Waals surface area contributed by atoms with Gasteiger partial charge in [-0.15, -0.1) is 5.53 Å². The first-order valence-corrected chi connectivity index (χ1v) is 10.5. The van der Waals surface area contributed by atoms with Gasteiger partial charge in [-0.25, -0.2) is 9.78 Å². The monoisotopic (exact) mass is 442 g/mol. The molecule has 0 radical (unpaired) electrons. The third-order valence-electron chi connectivity index (χ3n) is 5.69. The Morgan fingerprint density at radius 2 is 1.88 bits per heavy atom. The van der Waals surface area contributed by atoms with Crippen molar-refractivity contribution in [3.8, 4) is 11.5 Å². The van der Waals surface area contributed by atoms with Crippen molar-refractivity contribution in [1.82, 2.24) is 10.5 Å². The number of hydrogen-bond donors (Lipinski definition) is 2. The van der Waals surface area contributed by atoms with Crippen molar-refractivity contribution >= 4 is 23.4 Å². The van der Waals surface area contributed by atoms with Crippen molar-refractivity contribution in [2.75, 3.05) is 24.8 Å². The summed E-state index contributed by atoms with van der Waals surface area (Å²) >= 11 is 0. The zero-order chi connectivity index (χ0) is 22.5. The molecule has 1 aromatic heterocycles. The maximum atomic E-state index is 12.9. The number of fused-ring (bicyclic) bond motifs is 1. The van der Waals surface area contributed by atoms with Crippen LogP contribution in [0.1, 0.15) is 31.2 Å². The van der Waals surface area contributed by atoms with E-state index in [1.165, 1.54) is 5.17 Å². The minimum absolute atomic E-state index is 0.0408. The van der Waals surface area contributed by atoms with Crippen LogP contribution < -0.4 is 25.6 Å². The number of carbonyl (C=O) groups excluding carboxylic acids is 2. The van der Waals surface area contributed by atoms with Crippen molar-refractivity contribution < 1.29 is 28.6 Å². The highest BCUT2D eigenvalue weighted by Gasteiger charge is 2.40. The Morgan fingerprint density at radius 1 is 1.09 bits per heavy atom. The number of esters is 1. The van der Waals surface area contributed by atoms with Crippen LogP contribution in [0.2, 0.25) is 0 Å². The van der Waals surface area contributed by atoms with Gasteiger partial charge in [0, 0.05) is 17.8 Å². The molecule has 0 spiro atoms. The van der Waals surface area contributed by atoms with E-state index in [2.05, 4.69) is 15.9 Å². The van der Waals surface area contributed by atoms with Crippen LogP contribution in [0.5, 0.6) is 11.5 Å². The zero-order valence-corrected chi connectivity index (χ0v) is 18.0. The van der Waals surface area contributed by atoms with Crippen LogP contribution in [-0.2, 0) is 25.8 Å². The number of rotatable bonds is 7. The molecule has 10 nitrogen and oxygen atoms in total. The lowest BCUT2D eigenvalue weighted by Gasteiger charge is -2.29. The Hall–Kier alpha value is -3.53. The Morgan fingerprint density at radius 3 is 2.62 bits per heavy atom. The molecule has 2 aliphatic rings. The number of hydrogen-bond acceptors (Lipinski definition) is 10. The Labute approximate surface area is 185 Å². The quantitative estimate of drug-likeness (QED) is 0.621. The topological polar surface area (TPSA) is 111 Å². The molecular weight excluding hydrogens is 416 g/mol. The van der Waals surface area contributed by atoms with Gasteiger partial charge in [0.2, 0.25) is 5.82 Å². The minimum atomic E-state index is -0.594. The normalized spacial score (nSPS) is 19.5. The molecule has 4 rings (SSSR count). The molecule has 1 aliphatic carbocycles. The maximum absolute atomic E-state index is 12.9. The van der Waals surface area contributed by atoms with Crippen LogP contribution >= 0.6 is 0 Å². The predicted octanol–water partition coefficient (Wildman–Crippen LogP) is 2.76. The van der Waals surface area contributed by atoms with Gasteiger partial charge in [0.05, 0.1) is 31.7 Å². The molecular formula is C22H26N4O6. The van der Waals surface area contributed by atoms with Crippen molar-refractivity contribution in [1.29, 1.82) is 0 Å². The van der Waals surface area contributed by atoms with Gasteiger partial charge >= 0.3 is 11.9 Å². The van der Waals surface area contributed by atoms with E-state index in [1.807, 2.05) is 0 Å². The van der Waals surface area contributed by atoms with Crippen LogP contribution in [0.25, 0.3) is 0 Å². The van der Waals surface area contributed by atoms with E-state index < -0.39 is 23.8 Å². The van der Waals surface area contributed by atoms with Crippen LogP contribution in [0.15, 0.2) is 36.5 Å². The molecule has 1 fully saturated rings. The SMILES string of the molecule is COc1ccc(COC(=O)[C@H]2CCCC[C@H]2C(=O)ON2NNc3cccnc32)c(OC)c1. The Kier molecular flexibility index (Phi) is 6.60. The lowest BCUT2D eigenvalue weighted by atomic mass is 9.79. The van der Waals surface area contributed by atoms with E-state index in [0.717, 1.165) is 12.8 Å². The third kappa shape index (κ3) is 4.54. The Balaban J connectivity index is 1.40. The van der Waals surface area contributed by atoms with Gasteiger partial charge in [-0.1, -0.05) is 18.0 Å². The number of aromatic nitrogens is 1. The highest BCUT2D eigenvalue weighted by atomic mass is 16.7. The fraction of sp³-hybridized carbons (Fsp3) is 0.409. The number of nitrogens with zero attached hydrogens (tertiary/aromatic N) is 2. The van der Waals surface area contributed by atoms with Crippen LogP contribution in [0.4, 0.5) is 11.5 Å². The summed E-state index contributed by atoms with van der Waals surface area (Å²) in [6.07, 6.45) is 4.42. The molecule has 0 saturated heterocycles. The van der Waals surface area contributed by atoms with Crippen LogP contribution in [-0.4, -0.2) is 31.1 Å². The fourth-order valence-electron chi connectivity index (χ4n) is 3.97. The number of methoxy groups -OCH3 is 2. The minimum Gasteiger partial charge on any atom is -0.497 e. The molecule has 10 heteroatoms. The summed E-state index contributed by atoms with van der Waals surface area (Å²) in [6.45, 7) is 0.0408. The van der Waals surface area contributed by atoms with Crippen molar-refractivity contribution in [2.24, 2.45) is 11.8 Å². The van der Waals surface area contributed by atoms with Crippen LogP contribution in [0, 0.1) is 11.8 Å². The fourth-order valence-corrected chi connectivity index (χ4v) is 3.97. The summed E-state index contributed by atoms with van der Waals surface area (Å²) in [7, 11) is 3.11. The molecule has 1 aromatic carbocycles. The predicted molar refractivity (Wildman–Crippen MR) is 114 cm³/mol. The molecule has 1 aliphatic heterocycles. The molecule has 2 N–H and O–H groups in total. The summed E-state index contributed by atoms with van der Waals surface area (Å²) in [5, 5.41) is 1.18. The van der Waals surface area contributed by atoms with E-state index in [9.17, 15) is 9.59 Å². The molecule has 0 bridgehead atoms. The van der Waals surface area contributed by atoms with Crippen LogP contribution in [0.3, 0.4) is 0 Å². The molecule has 170 valence electrons. The second-order valence-electron chi connectivity index (χ2n) is 7.60. The summed E-state index contributed by atoms with van der Waals surface area (Å²) in [4.78, 5) is 35.5. The number of pyridine rings is 1. The van der Waals surface area contributed by atoms with Crippen molar-refractivity contribution in [3.05, 3.63) is 42.1 Å². The summed E-state index contributed by atoms with van der Waals surface area (Å²) < 4.78 is 16.1. The first-order valence-electron chi connectivity index (χ1n) is 10.5. The second kappa shape index (κ2) is 9.73. The van der Waals surface area contributed by atoms with Gasteiger partial charge in [-0.3, -0.25) is 10.2 Å². The van der Waals surface area contributed by atoms with E-state index in [1.54, 1.807) is 50.7 Å². The maximum Gasteiger partial charge on any atom is 0.338 e. The van der Waals surface area contributed by atoms with E-state index in [0.29, 0.717) is 41.4 Å². The largest absolute Gasteiger partial charge is 0.497 e. The van der Waals surface area contributed by atoms with Gasteiger partial charge in [-0.2, -0.15) is 0 Å². The van der Waals surface area contributed by atoms with Gasteiger partial charge in [-0.05, 0) is 37.1 Å². The lowest BCUT2D eigenvalue weighted by molar-refractivity contribution is -0.165. The number of anilines is 2. The van der Waals surface area contributed by atoms with Gasteiger partial charge < -0.3 is 19.0 Å². The number of hydrazine groups is 2. The number of benzene rings is 1. The van der Waals surface area contributed by atoms with E-state index in [4.69, 9.17) is 19.0 Å². The second-order valence-corrected chi connectivity index (χ2v) is 7.60. The molecule has 32 heavy (non-hydrogen) atoms. The lowest BCUT2D eigenvalue weighted by Crippen LogP contribution is -2.43. The Bertz CT molecular complexity index is 985. The third-order valence-corrected chi connectivity index (χ3v) is 5.69. The molecule has 2 heterocycles. The van der Waals surface area contributed by atoms with Gasteiger partial charge in [0.1, 0.15) is 18.1 Å². The van der Waals surface area contributed by atoms with Gasteiger partial charge in [0.15, 0.2) is 0 Å². The number of carbonyl (C=O) groups is 2. The molecule has 2 aromatic rings. The summed E-state index contributed by atoms with van der Waals surface area (Å²) in [5.74, 6) is -0.425. The van der Waals surface area contributed by atoms with E-state index in [-0.39, 0.29) is 6.61 Å². The zero-order valence-electron chi connectivity index (χ0n) is 18.0. The molecule has 0 unspecified atom stereocenters. The summed E-state index contributed by atoms with van der Waals surface area (Å²) in [6, 6.07) is 8.86.